The number of aryl methyl sites for hydroxylation is 1. The molecule has 1 aliphatic rings. The molecule has 8 nitrogen and oxygen atoms in total. The van der Waals surface area contributed by atoms with Crippen molar-refractivity contribution in [3.63, 3.8) is 0 Å². The lowest BCUT2D eigenvalue weighted by Gasteiger charge is -2.21. The Balaban J connectivity index is 1.35. The maximum absolute atomic E-state index is 12.6. The summed E-state index contributed by atoms with van der Waals surface area (Å²) >= 11 is 0. The van der Waals surface area contributed by atoms with Gasteiger partial charge in [-0.3, -0.25) is 9.78 Å². The summed E-state index contributed by atoms with van der Waals surface area (Å²) in [7, 11) is 0. The predicted octanol–water partition coefficient (Wildman–Crippen LogP) is 2.84. The van der Waals surface area contributed by atoms with Crippen LogP contribution >= 0.6 is 0 Å². The van der Waals surface area contributed by atoms with Crippen molar-refractivity contribution in [1.29, 1.82) is 0 Å². The first-order valence-electron chi connectivity index (χ1n) is 9.12. The van der Waals surface area contributed by atoms with Crippen LogP contribution in [0.4, 0.5) is 0 Å². The summed E-state index contributed by atoms with van der Waals surface area (Å²) in [5.74, 6) is 2.39. The monoisotopic (exact) mass is 380 g/mol. The fraction of sp³-hybridized carbons (Fsp3) is 0.300. The van der Waals surface area contributed by atoms with Gasteiger partial charge in [-0.1, -0.05) is 11.2 Å². The molecule has 0 bridgehead atoms. The number of hydrogen-bond acceptors (Lipinski definition) is 7. The third-order valence-electron chi connectivity index (χ3n) is 4.49. The lowest BCUT2D eigenvalue weighted by molar-refractivity contribution is -0.131. The first-order chi connectivity index (χ1) is 13.7. The highest BCUT2D eigenvalue weighted by Gasteiger charge is 2.18. The summed E-state index contributed by atoms with van der Waals surface area (Å²) < 4.78 is 16.0. The molecule has 0 unspecified atom stereocenters. The van der Waals surface area contributed by atoms with Gasteiger partial charge in [-0.15, -0.1) is 0 Å². The van der Waals surface area contributed by atoms with E-state index in [0.717, 1.165) is 22.6 Å². The predicted molar refractivity (Wildman–Crippen MR) is 99.5 cm³/mol. The van der Waals surface area contributed by atoms with Crippen LogP contribution in [0.5, 0.6) is 11.5 Å². The first-order valence-corrected chi connectivity index (χ1v) is 9.12. The second-order valence-corrected chi connectivity index (χ2v) is 6.35. The van der Waals surface area contributed by atoms with Crippen LogP contribution in [-0.4, -0.2) is 39.3 Å². The van der Waals surface area contributed by atoms with E-state index in [1.807, 2.05) is 37.3 Å². The average Bonchev–Trinajstić information content (AvgIpc) is 3.40. The molecule has 0 radical (unpaired) electrons. The molecule has 0 saturated heterocycles. The summed E-state index contributed by atoms with van der Waals surface area (Å²) in [6.45, 7) is 3.31. The molecular weight excluding hydrogens is 360 g/mol. The van der Waals surface area contributed by atoms with E-state index in [1.165, 1.54) is 0 Å². The Labute approximate surface area is 162 Å². The maximum Gasteiger partial charge on any atom is 0.231 e. The minimum absolute atomic E-state index is 0.0290. The smallest absolute Gasteiger partial charge is 0.231 e. The molecule has 144 valence electrons. The van der Waals surface area contributed by atoms with Crippen molar-refractivity contribution < 1.29 is 18.8 Å². The number of carbonyl (C=O) groups excluding carboxylic acids is 1. The van der Waals surface area contributed by atoms with Gasteiger partial charge in [0.15, 0.2) is 11.5 Å². The Hall–Kier alpha value is -3.42. The van der Waals surface area contributed by atoms with Crippen LogP contribution in [0.1, 0.15) is 24.8 Å². The van der Waals surface area contributed by atoms with Crippen LogP contribution in [0.25, 0.3) is 11.4 Å². The Kier molecular flexibility index (Phi) is 5.18. The molecule has 0 spiro atoms. The van der Waals surface area contributed by atoms with Gasteiger partial charge in [-0.2, -0.15) is 4.98 Å². The fourth-order valence-electron chi connectivity index (χ4n) is 2.98. The molecule has 0 fully saturated rings. The molecule has 4 rings (SSSR count). The Morgan fingerprint density at radius 3 is 2.93 bits per heavy atom. The number of pyridine rings is 1. The van der Waals surface area contributed by atoms with Crippen LogP contribution in [0, 0.1) is 0 Å². The standard InChI is InChI=1S/C20H20N4O4/c1-2-24(12-14-5-6-16-17(10-14)27-13-26-16)19(25)8-7-18-22-20(23-28-18)15-4-3-9-21-11-15/h3-6,9-11H,2,7-8,12-13H2,1H3. The highest BCUT2D eigenvalue weighted by Crippen LogP contribution is 2.32. The zero-order valence-corrected chi connectivity index (χ0v) is 15.5. The van der Waals surface area contributed by atoms with Gasteiger partial charge in [-0.25, -0.2) is 0 Å². The molecule has 28 heavy (non-hydrogen) atoms. The van der Waals surface area contributed by atoms with Crippen molar-refractivity contribution in [2.24, 2.45) is 0 Å². The van der Waals surface area contributed by atoms with Gasteiger partial charge in [0.2, 0.25) is 24.4 Å². The van der Waals surface area contributed by atoms with E-state index in [0.29, 0.717) is 37.6 Å². The van der Waals surface area contributed by atoms with Gasteiger partial charge in [0, 0.05) is 43.9 Å². The molecule has 0 N–H and O–H groups in total. The van der Waals surface area contributed by atoms with Crippen LogP contribution < -0.4 is 9.47 Å². The number of benzene rings is 1. The summed E-state index contributed by atoms with van der Waals surface area (Å²) in [5, 5.41) is 3.95. The summed E-state index contributed by atoms with van der Waals surface area (Å²) in [6, 6.07) is 9.40. The van der Waals surface area contributed by atoms with E-state index in [4.69, 9.17) is 14.0 Å². The molecule has 1 aromatic carbocycles. The summed E-state index contributed by atoms with van der Waals surface area (Å²) in [6.07, 6.45) is 4.05. The molecule has 1 aliphatic heterocycles. The number of hydrogen-bond donors (Lipinski definition) is 0. The van der Waals surface area contributed by atoms with Crippen LogP contribution in [-0.2, 0) is 17.8 Å². The second kappa shape index (κ2) is 8.08. The Morgan fingerprint density at radius 2 is 2.11 bits per heavy atom. The fourth-order valence-corrected chi connectivity index (χ4v) is 2.98. The summed E-state index contributed by atoms with van der Waals surface area (Å²) in [4.78, 5) is 22.8. The van der Waals surface area contributed by atoms with Crippen LogP contribution in [0.15, 0.2) is 47.2 Å². The first kappa shape index (κ1) is 18.0. The highest BCUT2D eigenvalue weighted by molar-refractivity contribution is 5.76. The van der Waals surface area contributed by atoms with E-state index in [-0.39, 0.29) is 12.7 Å². The van der Waals surface area contributed by atoms with E-state index in [9.17, 15) is 4.79 Å². The molecule has 0 atom stereocenters. The van der Waals surface area contributed by atoms with Crippen molar-refractivity contribution in [2.75, 3.05) is 13.3 Å². The number of rotatable bonds is 7. The minimum Gasteiger partial charge on any atom is -0.454 e. The molecule has 0 aliphatic carbocycles. The number of amides is 1. The molecule has 0 saturated carbocycles. The van der Waals surface area contributed by atoms with Gasteiger partial charge < -0.3 is 18.9 Å². The maximum atomic E-state index is 12.6. The third-order valence-corrected chi connectivity index (χ3v) is 4.49. The van der Waals surface area contributed by atoms with Crippen molar-refractivity contribution >= 4 is 5.91 Å². The lowest BCUT2D eigenvalue weighted by atomic mass is 10.1. The normalized spacial score (nSPS) is 12.2. The molecule has 3 heterocycles. The van der Waals surface area contributed by atoms with E-state index < -0.39 is 0 Å². The SMILES string of the molecule is CCN(Cc1ccc2c(c1)OCO2)C(=O)CCc1nc(-c2cccnc2)no1. The van der Waals surface area contributed by atoms with Crippen molar-refractivity contribution in [3.8, 4) is 22.9 Å². The Bertz CT molecular complexity index is 958. The third kappa shape index (κ3) is 3.95. The van der Waals surface area contributed by atoms with Gasteiger partial charge in [0.05, 0.1) is 0 Å². The van der Waals surface area contributed by atoms with Crippen molar-refractivity contribution in [1.82, 2.24) is 20.0 Å². The minimum atomic E-state index is 0.0290. The van der Waals surface area contributed by atoms with Crippen molar-refractivity contribution in [3.05, 3.63) is 54.2 Å². The number of fused-ring (bicyclic) bond motifs is 1. The van der Waals surface area contributed by atoms with Crippen LogP contribution in [0.3, 0.4) is 0 Å². The lowest BCUT2D eigenvalue weighted by Crippen LogP contribution is -2.30. The highest BCUT2D eigenvalue weighted by atomic mass is 16.7. The average molecular weight is 380 g/mol. The summed E-state index contributed by atoms with van der Waals surface area (Å²) in [5.41, 5.74) is 1.78. The van der Waals surface area contributed by atoms with Gasteiger partial charge in [0.25, 0.3) is 0 Å². The van der Waals surface area contributed by atoms with E-state index in [2.05, 4.69) is 15.1 Å². The molecular formula is C20H20N4O4. The van der Waals surface area contributed by atoms with E-state index in [1.54, 1.807) is 17.3 Å². The van der Waals surface area contributed by atoms with Gasteiger partial charge >= 0.3 is 0 Å². The number of ether oxygens (including phenoxy) is 2. The van der Waals surface area contributed by atoms with Gasteiger partial charge in [0.1, 0.15) is 0 Å². The largest absolute Gasteiger partial charge is 0.454 e. The Morgan fingerprint density at radius 1 is 1.21 bits per heavy atom. The van der Waals surface area contributed by atoms with Gasteiger partial charge in [-0.05, 0) is 36.8 Å². The quantitative estimate of drug-likeness (QED) is 0.622. The zero-order chi connectivity index (χ0) is 19.3. The zero-order valence-electron chi connectivity index (χ0n) is 15.5. The molecule has 8 heteroatoms. The van der Waals surface area contributed by atoms with E-state index >= 15 is 0 Å². The molecule has 3 aromatic rings. The number of nitrogens with zero attached hydrogens (tertiary/aromatic N) is 4. The molecule has 2 aromatic heterocycles. The van der Waals surface area contributed by atoms with Crippen molar-refractivity contribution in [2.45, 2.75) is 26.3 Å². The topological polar surface area (TPSA) is 90.6 Å². The second-order valence-electron chi connectivity index (χ2n) is 6.35. The number of carbonyl (C=O) groups is 1. The number of aromatic nitrogens is 3. The van der Waals surface area contributed by atoms with Crippen LogP contribution in [0.2, 0.25) is 0 Å². The molecule has 1 amide bonds.